The van der Waals surface area contributed by atoms with Crippen molar-refractivity contribution in [2.24, 2.45) is 0 Å². The van der Waals surface area contributed by atoms with E-state index in [9.17, 15) is 31.9 Å². The van der Waals surface area contributed by atoms with Crippen molar-refractivity contribution in [2.45, 2.75) is 82.8 Å². The van der Waals surface area contributed by atoms with Gasteiger partial charge >= 0.3 is 11.9 Å². The summed E-state index contributed by atoms with van der Waals surface area (Å²) < 4.78 is 113. The summed E-state index contributed by atoms with van der Waals surface area (Å²) in [7, 11) is 3.30. The van der Waals surface area contributed by atoms with Crippen LogP contribution < -0.4 is 35.1 Å². The number of esters is 1. The number of benzene rings is 6. The number of unbranched alkanes of at least 4 members (excludes halogenated alkanes) is 1. The number of halogens is 6. The second kappa shape index (κ2) is 24.7. The molecule has 4 N–H and O–H groups in total. The van der Waals surface area contributed by atoms with Gasteiger partial charge in [0.2, 0.25) is 24.4 Å². The Morgan fingerprint density at radius 2 is 1.42 bits per heavy atom. The molecule has 0 spiro atoms. The van der Waals surface area contributed by atoms with E-state index < -0.39 is 72.7 Å². The van der Waals surface area contributed by atoms with E-state index in [4.69, 9.17) is 28.6 Å². The number of likely N-dealkylation sites (N-methyl/N-ethyl adjacent to an activating group) is 1. The molecule has 6 heterocycles. The standard InChI is InChI=1S/C68H70F6N10O7/c1-65(2,80-63(86)42-12-17-45(64(87)88-6)46(29-42)60-47-32-49(69)55(83-36-67(71,72)37-83)34-57(47)91-58-35-56(50(70)33-48(58)60)84-38-68(73,74)39-84)21-28-90-66(3,4)20-22-75-59(85)9-7-8-27-89-44-15-10-40(11-16-44)61-76-51-18-13-41(30-53(51)78-61)62-77-52-19-14-43(31-54(52)79-62)82-25-23-81(5)24-26-82/h10-19,29-35H,7-9,20-28,36-39H2,1-6H3,(H3,75,80,85,86,87)/p+1. The van der Waals surface area contributed by atoms with Gasteiger partial charge in [-0.3, -0.25) is 9.59 Å². The van der Waals surface area contributed by atoms with E-state index in [1.165, 1.54) is 36.0 Å². The van der Waals surface area contributed by atoms with Gasteiger partial charge in [0.05, 0.1) is 71.8 Å². The number of fused-ring (bicyclic) bond motifs is 4. The predicted molar refractivity (Wildman–Crippen MR) is 336 cm³/mol. The summed E-state index contributed by atoms with van der Waals surface area (Å²) in [4.78, 5) is 63.1. The number of H-pyrrole nitrogens is 2. The largest absolute Gasteiger partial charge is 0.494 e. The highest BCUT2D eigenvalue weighted by Gasteiger charge is 2.51. The molecule has 2 amide bonds. The number of imidazole rings is 2. The lowest BCUT2D eigenvalue weighted by atomic mass is 9.89. The number of hydrogen-bond donors (Lipinski definition) is 4. The van der Waals surface area contributed by atoms with Gasteiger partial charge in [-0.1, -0.05) is 0 Å². The van der Waals surface area contributed by atoms with Gasteiger partial charge in [-0.05, 0) is 157 Å². The topological polar surface area (TPSA) is 186 Å². The number of ether oxygens (including phenoxy) is 3. The SMILES string of the molecule is COC(=O)c1ccc(C(=O)NC(C)(C)CCOC(C)(C)CCNC(=O)CCCCOc2ccc(-c3nc4ccc(-c5nc6ccc(N7CCN(C)CC7)cc6[nH]5)cc4[nH]3)cc2)cc1-c1c2cc(F)c(=[N+]3CC(F)(F)C3)cc-2oc2cc(N3CC(F)(F)C3)c(F)cc12. The van der Waals surface area contributed by atoms with Crippen molar-refractivity contribution in [3.05, 3.63) is 131 Å². The molecule has 4 aliphatic heterocycles. The third kappa shape index (κ3) is 13.7. The van der Waals surface area contributed by atoms with Crippen molar-refractivity contribution >= 4 is 62.2 Å². The molecule has 476 valence electrons. The van der Waals surface area contributed by atoms with E-state index in [0.29, 0.717) is 51.0 Å². The minimum Gasteiger partial charge on any atom is -0.494 e. The van der Waals surface area contributed by atoms with Crippen LogP contribution >= 0.6 is 0 Å². The van der Waals surface area contributed by atoms with Crippen LogP contribution in [0.5, 0.6) is 5.75 Å². The van der Waals surface area contributed by atoms with Crippen molar-refractivity contribution in [1.29, 1.82) is 0 Å². The van der Waals surface area contributed by atoms with Gasteiger partial charge in [0.25, 0.3) is 11.8 Å². The van der Waals surface area contributed by atoms with Crippen molar-refractivity contribution in [2.75, 3.05) is 96.1 Å². The van der Waals surface area contributed by atoms with E-state index in [-0.39, 0.29) is 68.1 Å². The Hall–Kier alpha value is -8.96. The molecule has 7 aromatic rings. The molecule has 0 saturated carbocycles. The molecule has 2 aromatic heterocycles. The molecule has 3 saturated heterocycles. The molecule has 5 aromatic carbocycles. The van der Waals surface area contributed by atoms with E-state index in [0.717, 1.165) is 99.7 Å². The molecule has 0 radical (unpaired) electrons. The monoisotopic (exact) mass is 1250 g/mol. The quantitative estimate of drug-likeness (QED) is 0.0176. The number of anilines is 2. The van der Waals surface area contributed by atoms with Gasteiger partial charge < -0.3 is 53.9 Å². The number of nitrogens with one attached hydrogen (secondary N) is 4. The van der Waals surface area contributed by atoms with Gasteiger partial charge in [-0.25, -0.2) is 32.5 Å². The highest BCUT2D eigenvalue weighted by atomic mass is 19.3. The summed E-state index contributed by atoms with van der Waals surface area (Å²) in [6, 6.07) is 28.9. The van der Waals surface area contributed by atoms with Gasteiger partial charge in [0.1, 0.15) is 34.6 Å². The Bertz CT molecular complexity index is 4290. The highest BCUT2D eigenvalue weighted by molar-refractivity contribution is 6.10. The molecule has 1 aliphatic carbocycles. The molecule has 0 unspecified atom stereocenters. The van der Waals surface area contributed by atoms with Crippen LogP contribution in [-0.2, 0) is 14.3 Å². The van der Waals surface area contributed by atoms with E-state index >= 15 is 8.78 Å². The van der Waals surface area contributed by atoms with Crippen LogP contribution in [0.1, 0.15) is 80.5 Å². The number of hydrogen-bond acceptors (Lipinski definition) is 12. The Morgan fingerprint density at radius 3 is 2.12 bits per heavy atom. The summed E-state index contributed by atoms with van der Waals surface area (Å²) in [6.07, 6.45) is 2.49. The predicted octanol–water partition coefficient (Wildman–Crippen LogP) is 11.4. The molecule has 0 atom stereocenters. The van der Waals surface area contributed by atoms with Gasteiger partial charge in [-0.15, -0.1) is 0 Å². The highest BCUT2D eigenvalue weighted by Crippen LogP contribution is 2.45. The Kier molecular flexibility index (Phi) is 16.9. The number of aromatic nitrogens is 4. The second-order valence-electron chi connectivity index (χ2n) is 25.3. The van der Waals surface area contributed by atoms with E-state index in [1.807, 2.05) is 50.2 Å². The number of piperazine rings is 1. The van der Waals surface area contributed by atoms with Crippen molar-refractivity contribution in [3.63, 3.8) is 0 Å². The van der Waals surface area contributed by atoms with E-state index in [2.05, 4.69) is 61.7 Å². The Labute approximate surface area is 520 Å². The Balaban J connectivity index is 0.610. The smallest absolute Gasteiger partial charge is 0.361 e. The number of amides is 2. The minimum atomic E-state index is -3.05. The van der Waals surface area contributed by atoms with Gasteiger partial charge in [0, 0.05) is 96.2 Å². The Morgan fingerprint density at radius 1 is 0.725 bits per heavy atom. The molecule has 12 rings (SSSR count). The third-order valence-corrected chi connectivity index (χ3v) is 17.2. The molecule has 3 fully saturated rings. The maximum Gasteiger partial charge on any atom is 0.361 e. The van der Waals surface area contributed by atoms with Crippen LogP contribution in [0.3, 0.4) is 0 Å². The number of methoxy groups -OCH3 is 1. The van der Waals surface area contributed by atoms with Gasteiger partial charge in [-0.2, -0.15) is 13.2 Å². The van der Waals surface area contributed by atoms with Crippen LogP contribution in [0.4, 0.5) is 37.7 Å². The second-order valence-corrected chi connectivity index (χ2v) is 25.3. The lowest BCUT2D eigenvalue weighted by Crippen LogP contribution is -2.58. The van der Waals surface area contributed by atoms with Crippen molar-refractivity contribution in [1.82, 2.24) is 40.0 Å². The molecule has 0 bridgehead atoms. The van der Waals surface area contributed by atoms with Crippen LogP contribution in [-0.4, -0.2) is 152 Å². The van der Waals surface area contributed by atoms with Crippen LogP contribution in [0.15, 0.2) is 108 Å². The molecule has 5 aliphatic rings. The minimum absolute atomic E-state index is 0.00153. The number of aromatic amines is 2. The third-order valence-electron chi connectivity index (χ3n) is 17.2. The first-order chi connectivity index (χ1) is 43.4. The number of carbonyl (C=O) groups is 3. The molecular formula is C68H71F6N10O7+. The first kappa shape index (κ1) is 62.2. The lowest BCUT2D eigenvalue weighted by molar-refractivity contribution is -0.121. The van der Waals surface area contributed by atoms with Crippen LogP contribution in [0, 0.1) is 11.6 Å². The molecule has 17 nitrogen and oxygen atoms in total. The zero-order valence-electron chi connectivity index (χ0n) is 51.4. The van der Waals surface area contributed by atoms with Crippen molar-refractivity contribution < 1.29 is 59.4 Å². The fourth-order valence-electron chi connectivity index (χ4n) is 11.9. The average molecular weight is 1250 g/mol. The number of nitrogens with zero attached hydrogens (tertiary/aromatic N) is 6. The first-order valence-corrected chi connectivity index (χ1v) is 30.5. The fraction of sp³-hybridized carbons (Fsp3) is 0.382. The number of alkyl halides is 4. The van der Waals surface area contributed by atoms with Crippen molar-refractivity contribution in [3.8, 4) is 51.0 Å². The summed E-state index contributed by atoms with van der Waals surface area (Å²) in [5, 5.41) is 5.80. The number of rotatable bonds is 21. The zero-order chi connectivity index (χ0) is 64.1. The van der Waals surface area contributed by atoms with E-state index in [1.54, 1.807) is 13.8 Å². The molecule has 91 heavy (non-hydrogen) atoms. The lowest BCUT2D eigenvalue weighted by Gasteiger charge is -2.40. The summed E-state index contributed by atoms with van der Waals surface area (Å²) in [5.74, 6) is -7.22. The maximum atomic E-state index is 16.1. The van der Waals surface area contributed by atoms with Crippen LogP contribution in [0.25, 0.3) is 78.3 Å². The van der Waals surface area contributed by atoms with Gasteiger partial charge in [0.15, 0.2) is 5.82 Å². The average Bonchev–Trinajstić information content (AvgIpc) is 1.42. The molecule has 23 heteroatoms. The summed E-state index contributed by atoms with van der Waals surface area (Å²) >= 11 is 0. The maximum absolute atomic E-state index is 16.1. The summed E-state index contributed by atoms with van der Waals surface area (Å²) in [6.45, 7) is 9.54. The number of carbonyl (C=O) groups excluding carboxylic acids is 3. The fourth-order valence-corrected chi connectivity index (χ4v) is 11.9. The normalized spacial score (nSPS) is 15.9. The molecular weight excluding hydrogens is 1180 g/mol. The zero-order valence-corrected chi connectivity index (χ0v) is 51.4. The van der Waals surface area contributed by atoms with Crippen LogP contribution in [0.2, 0.25) is 0 Å². The summed E-state index contributed by atoms with van der Waals surface area (Å²) in [5.41, 5.74) is 4.99. The first-order valence-electron chi connectivity index (χ1n) is 30.5.